The summed E-state index contributed by atoms with van der Waals surface area (Å²) in [5.74, 6) is 0. The standard InChI is InChI=1S/C15H28N2OS/c1-7-8-12(18)9-16-10(2)13-11(3)17-14(19-13)15(4,5)6/h10,12,16,18H,7-9H2,1-6H3. The van der Waals surface area contributed by atoms with Crippen LogP contribution in [-0.2, 0) is 5.41 Å². The summed E-state index contributed by atoms with van der Waals surface area (Å²) in [7, 11) is 0. The number of hydrogen-bond donors (Lipinski definition) is 2. The van der Waals surface area contributed by atoms with Gasteiger partial charge in [0.2, 0.25) is 0 Å². The summed E-state index contributed by atoms with van der Waals surface area (Å²) in [6.45, 7) is 13.5. The molecule has 1 rings (SSSR count). The highest BCUT2D eigenvalue weighted by molar-refractivity contribution is 7.12. The minimum absolute atomic E-state index is 0.106. The molecule has 0 radical (unpaired) electrons. The van der Waals surface area contributed by atoms with E-state index in [0.29, 0.717) is 6.54 Å². The Kier molecular flexibility index (Phi) is 5.96. The van der Waals surface area contributed by atoms with Crippen LogP contribution in [0.25, 0.3) is 0 Å². The Hall–Kier alpha value is -0.450. The molecule has 0 fully saturated rings. The van der Waals surface area contributed by atoms with Crippen molar-refractivity contribution in [3.8, 4) is 0 Å². The molecule has 0 bridgehead atoms. The molecule has 0 saturated heterocycles. The SMILES string of the molecule is CCCC(O)CNC(C)c1sc(C(C)(C)C)nc1C. The van der Waals surface area contributed by atoms with Gasteiger partial charge in [-0.15, -0.1) is 11.3 Å². The van der Waals surface area contributed by atoms with Crippen molar-refractivity contribution in [1.29, 1.82) is 0 Å². The van der Waals surface area contributed by atoms with Crippen LogP contribution in [0.3, 0.4) is 0 Å². The van der Waals surface area contributed by atoms with Crippen LogP contribution in [0.1, 0.15) is 69.1 Å². The molecule has 4 heteroatoms. The summed E-state index contributed by atoms with van der Waals surface area (Å²) in [4.78, 5) is 5.97. The van der Waals surface area contributed by atoms with E-state index in [1.807, 2.05) is 0 Å². The molecule has 1 aromatic heterocycles. The number of nitrogens with zero attached hydrogens (tertiary/aromatic N) is 1. The van der Waals surface area contributed by atoms with E-state index in [-0.39, 0.29) is 17.6 Å². The lowest BCUT2D eigenvalue weighted by Gasteiger charge is -2.16. The van der Waals surface area contributed by atoms with Crippen molar-refractivity contribution in [2.75, 3.05) is 6.54 Å². The van der Waals surface area contributed by atoms with Gasteiger partial charge in [-0.3, -0.25) is 0 Å². The maximum Gasteiger partial charge on any atom is 0.0985 e. The van der Waals surface area contributed by atoms with Gasteiger partial charge in [-0.2, -0.15) is 0 Å². The van der Waals surface area contributed by atoms with Crippen LogP contribution in [-0.4, -0.2) is 22.7 Å². The zero-order chi connectivity index (χ0) is 14.6. The van der Waals surface area contributed by atoms with E-state index >= 15 is 0 Å². The summed E-state index contributed by atoms with van der Waals surface area (Å²) in [5.41, 5.74) is 1.22. The zero-order valence-electron chi connectivity index (χ0n) is 13.1. The van der Waals surface area contributed by atoms with Gasteiger partial charge in [-0.1, -0.05) is 34.1 Å². The molecule has 1 aromatic rings. The van der Waals surface area contributed by atoms with Gasteiger partial charge in [0.1, 0.15) is 0 Å². The molecule has 0 aliphatic carbocycles. The highest BCUT2D eigenvalue weighted by Crippen LogP contribution is 2.32. The molecule has 1 heterocycles. The van der Waals surface area contributed by atoms with E-state index in [9.17, 15) is 5.11 Å². The van der Waals surface area contributed by atoms with Gasteiger partial charge >= 0.3 is 0 Å². The Morgan fingerprint density at radius 3 is 2.47 bits per heavy atom. The van der Waals surface area contributed by atoms with E-state index in [2.05, 4.69) is 51.8 Å². The van der Waals surface area contributed by atoms with Crippen LogP contribution in [0, 0.1) is 6.92 Å². The van der Waals surface area contributed by atoms with E-state index in [1.54, 1.807) is 11.3 Å². The maximum atomic E-state index is 9.77. The van der Waals surface area contributed by atoms with Gasteiger partial charge in [0.15, 0.2) is 0 Å². The molecule has 0 amide bonds. The van der Waals surface area contributed by atoms with Crippen molar-refractivity contribution in [1.82, 2.24) is 10.3 Å². The second-order valence-electron chi connectivity index (χ2n) is 6.29. The monoisotopic (exact) mass is 284 g/mol. The lowest BCUT2D eigenvalue weighted by atomic mass is 9.98. The molecule has 2 unspecified atom stereocenters. The third kappa shape index (κ3) is 4.86. The van der Waals surface area contributed by atoms with Crippen LogP contribution in [0.5, 0.6) is 0 Å². The molecule has 2 atom stereocenters. The van der Waals surface area contributed by atoms with Gasteiger partial charge < -0.3 is 10.4 Å². The van der Waals surface area contributed by atoms with Crippen molar-refractivity contribution in [2.45, 2.75) is 71.9 Å². The molecule has 3 nitrogen and oxygen atoms in total. The number of aliphatic hydroxyl groups excluding tert-OH is 1. The van der Waals surface area contributed by atoms with Gasteiger partial charge in [-0.05, 0) is 20.3 Å². The van der Waals surface area contributed by atoms with E-state index < -0.39 is 0 Å². The first-order valence-corrected chi connectivity index (χ1v) is 7.96. The van der Waals surface area contributed by atoms with Gasteiger partial charge in [0, 0.05) is 22.9 Å². The van der Waals surface area contributed by atoms with Gasteiger partial charge in [0.05, 0.1) is 16.8 Å². The van der Waals surface area contributed by atoms with Crippen LogP contribution in [0.4, 0.5) is 0 Å². The lowest BCUT2D eigenvalue weighted by Crippen LogP contribution is -2.28. The number of hydrogen-bond acceptors (Lipinski definition) is 4. The van der Waals surface area contributed by atoms with Crippen molar-refractivity contribution in [3.05, 3.63) is 15.6 Å². The molecule has 0 spiro atoms. The number of aryl methyl sites for hydroxylation is 1. The molecule has 2 N–H and O–H groups in total. The first kappa shape index (κ1) is 16.6. The third-order valence-electron chi connectivity index (χ3n) is 3.15. The normalized spacial score (nSPS) is 15.5. The Bertz CT molecular complexity index is 395. The second-order valence-corrected chi connectivity index (χ2v) is 7.32. The van der Waals surface area contributed by atoms with Crippen LogP contribution in [0.15, 0.2) is 0 Å². The minimum atomic E-state index is -0.247. The molecular weight excluding hydrogens is 256 g/mol. The number of aliphatic hydroxyl groups is 1. The fourth-order valence-electron chi connectivity index (χ4n) is 1.97. The zero-order valence-corrected chi connectivity index (χ0v) is 13.9. The molecule has 0 aromatic carbocycles. The van der Waals surface area contributed by atoms with E-state index in [1.165, 1.54) is 9.88 Å². The number of nitrogens with one attached hydrogen (secondary N) is 1. The minimum Gasteiger partial charge on any atom is -0.392 e. The first-order chi connectivity index (χ1) is 8.75. The fourth-order valence-corrected chi connectivity index (χ4v) is 3.12. The summed E-state index contributed by atoms with van der Waals surface area (Å²) in [6.07, 6.45) is 1.63. The lowest BCUT2D eigenvalue weighted by molar-refractivity contribution is 0.157. The molecule has 0 aliphatic rings. The van der Waals surface area contributed by atoms with Crippen molar-refractivity contribution < 1.29 is 5.11 Å². The largest absolute Gasteiger partial charge is 0.392 e. The summed E-state index contributed by atoms with van der Waals surface area (Å²) in [6, 6.07) is 0.250. The summed E-state index contributed by atoms with van der Waals surface area (Å²) in [5, 5.41) is 14.4. The Morgan fingerprint density at radius 1 is 1.37 bits per heavy atom. The molecule has 19 heavy (non-hydrogen) atoms. The topological polar surface area (TPSA) is 45.1 Å². The Labute approximate surface area is 121 Å². The predicted molar refractivity (Wildman–Crippen MR) is 82.9 cm³/mol. The highest BCUT2D eigenvalue weighted by Gasteiger charge is 2.22. The molecular formula is C15H28N2OS. The number of thiazole rings is 1. The average Bonchev–Trinajstić information content (AvgIpc) is 2.68. The third-order valence-corrected chi connectivity index (χ3v) is 4.91. The Morgan fingerprint density at radius 2 is 2.00 bits per heavy atom. The maximum absolute atomic E-state index is 9.77. The molecule has 110 valence electrons. The summed E-state index contributed by atoms with van der Waals surface area (Å²) < 4.78 is 0. The van der Waals surface area contributed by atoms with Crippen molar-refractivity contribution in [2.24, 2.45) is 0 Å². The van der Waals surface area contributed by atoms with E-state index in [4.69, 9.17) is 0 Å². The number of rotatable bonds is 6. The Balaban J connectivity index is 2.67. The molecule has 0 saturated carbocycles. The first-order valence-electron chi connectivity index (χ1n) is 7.15. The highest BCUT2D eigenvalue weighted by atomic mass is 32.1. The smallest absolute Gasteiger partial charge is 0.0985 e. The van der Waals surface area contributed by atoms with Crippen LogP contribution in [0.2, 0.25) is 0 Å². The van der Waals surface area contributed by atoms with Crippen molar-refractivity contribution in [3.63, 3.8) is 0 Å². The predicted octanol–water partition coefficient (Wildman–Crippen LogP) is 3.56. The van der Waals surface area contributed by atoms with Gasteiger partial charge in [0.25, 0.3) is 0 Å². The quantitative estimate of drug-likeness (QED) is 0.839. The fraction of sp³-hybridized carbons (Fsp3) is 0.800. The second kappa shape index (κ2) is 6.82. The van der Waals surface area contributed by atoms with Crippen LogP contribution >= 0.6 is 11.3 Å². The van der Waals surface area contributed by atoms with Crippen molar-refractivity contribution >= 4 is 11.3 Å². The molecule has 0 aliphatic heterocycles. The number of aromatic nitrogens is 1. The average molecular weight is 284 g/mol. The van der Waals surface area contributed by atoms with E-state index in [0.717, 1.165) is 18.5 Å². The summed E-state index contributed by atoms with van der Waals surface area (Å²) >= 11 is 1.78. The van der Waals surface area contributed by atoms with Gasteiger partial charge in [-0.25, -0.2) is 4.98 Å². The van der Waals surface area contributed by atoms with Crippen LogP contribution < -0.4 is 5.32 Å².